The molecule has 30 heavy (non-hydrogen) atoms. The molecule has 0 aliphatic carbocycles. The number of carbonyl (C=O) groups is 2. The Morgan fingerprint density at radius 1 is 1.03 bits per heavy atom. The minimum absolute atomic E-state index is 0.0903. The van der Waals surface area contributed by atoms with E-state index in [1.54, 1.807) is 31.4 Å². The highest BCUT2D eigenvalue weighted by Gasteiger charge is 2.22. The summed E-state index contributed by atoms with van der Waals surface area (Å²) < 4.78 is 21.4. The molecule has 0 saturated carbocycles. The number of methoxy groups -OCH3 is 1. The largest absolute Gasteiger partial charge is 0.497 e. The van der Waals surface area contributed by atoms with Crippen molar-refractivity contribution in [2.24, 2.45) is 5.92 Å². The summed E-state index contributed by atoms with van der Waals surface area (Å²) in [7, 11) is 1.58. The van der Waals surface area contributed by atoms with Crippen molar-refractivity contribution < 1.29 is 28.5 Å². The topological polar surface area (TPSA) is 83.1 Å². The first-order valence-corrected chi connectivity index (χ1v) is 9.93. The van der Waals surface area contributed by atoms with E-state index in [-0.39, 0.29) is 30.9 Å². The minimum Gasteiger partial charge on any atom is -0.497 e. The van der Waals surface area contributed by atoms with Crippen molar-refractivity contribution in [3.8, 4) is 17.2 Å². The minimum atomic E-state index is -0.462. The van der Waals surface area contributed by atoms with Crippen molar-refractivity contribution in [1.29, 1.82) is 0 Å². The third-order valence-corrected chi connectivity index (χ3v) is 4.78. The molecule has 0 saturated heterocycles. The summed E-state index contributed by atoms with van der Waals surface area (Å²) in [5.74, 6) is 1.40. The number of esters is 1. The molecular weight excluding hydrogens is 386 g/mol. The highest BCUT2D eigenvalue weighted by molar-refractivity contribution is 5.81. The van der Waals surface area contributed by atoms with E-state index >= 15 is 0 Å². The Balaban J connectivity index is 1.54. The molecule has 0 bridgehead atoms. The highest BCUT2D eigenvalue weighted by Crippen LogP contribution is 2.34. The number of hydrogen-bond acceptors (Lipinski definition) is 6. The smallest absolute Gasteiger partial charge is 0.310 e. The van der Waals surface area contributed by atoms with Gasteiger partial charge in [0.05, 0.1) is 19.6 Å². The molecule has 0 radical (unpaired) electrons. The van der Waals surface area contributed by atoms with Crippen LogP contribution in [0.3, 0.4) is 0 Å². The Kier molecular flexibility index (Phi) is 7.17. The second-order valence-corrected chi connectivity index (χ2v) is 7.38. The number of hydrogen-bond donors (Lipinski definition) is 1. The highest BCUT2D eigenvalue weighted by atomic mass is 16.6. The van der Waals surface area contributed by atoms with Gasteiger partial charge in [0.25, 0.3) is 5.91 Å². The molecule has 160 valence electrons. The van der Waals surface area contributed by atoms with E-state index in [0.29, 0.717) is 30.5 Å². The predicted octanol–water partition coefficient (Wildman–Crippen LogP) is 3.07. The third kappa shape index (κ3) is 5.65. The van der Waals surface area contributed by atoms with Crippen molar-refractivity contribution in [2.75, 3.05) is 26.9 Å². The fourth-order valence-corrected chi connectivity index (χ4v) is 3.21. The van der Waals surface area contributed by atoms with E-state index in [9.17, 15) is 9.59 Å². The molecule has 1 aliphatic rings. The first-order valence-electron chi connectivity index (χ1n) is 9.93. The number of amides is 1. The van der Waals surface area contributed by atoms with Crippen LogP contribution in [-0.4, -0.2) is 38.8 Å². The Morgan fingerprint density at radius 3 is 2.40 bits per heavy atom. The molecular formula is C23H27NO6. The van der Waals surface area contributed by atoms with Gasteiger partial charge in [-0.1, -0.05) is 32.0 Å². The van der Waals surface area contributed by atoms with Gasteiger partial charge >= 0.3 is 5.97 Å². The van der Waals surface area contributed by atoms with Gasteiger partial charge in [-0.3, -0.25) is 9.59 Å². The van der Waals surface area contributed by atoms with Crippen LogP contribution in [0.5, 0.6) is 17.2 Å². The third-order valence-electron chi connectivity index (χ3n) is 4.78. The molecule has 3 rings (SSSR count). The number of nitrogens with one attached hydrogen (secondary N) is 1. The summed E-state index contributed by atoms with van der Waals surface area (Å²) in [6.45, 7) is 4.72. The second-order valence-electron chi connectivity index (χ2n) is 7.38. The quantitative estimate of drug-likeness (QED) is 0.670. The van der Waals surface area contributed by atoms with Gasteiger partial charge in [-0.2, -0.15) is 0 Å². The Bertz CT molecular complexity index is 878. The molecule has 0 spiro atoms. The fraction of sp³-hybridized carbons (Fsp3) is 0.391. The maximum absolute atomic E-state index is 12.4. The van der Waals surface area contributed by atoms with Crippen LogP contribution >= 0.6 is 0 Å². The van der Waals surface area contributed by atoms with E-state index in [2.05, 4.69) is 5.32 Å². The van der Waals surface area contributed by atoms with Gasteiger partial charge in [-0.15, -0.1) is 0 Å². The lowest BCUT2D eigenvalue weighted by Crippen LogP contribution is -2.35. The van der Waals surface area contributed by atoms with Crippen molar-refractivity contribution >= 4 is 11.9 Å². The lowest BCUT2D eigenvalue weighted by Gasteiger charge is -2.25. The molecule has 1 N–H and O–H groups in total. The molecule has 1 heterocycles. The normalized spacial score (nSPS) is 13.5. The fourth-order valence-electron chi connectivity index (χ4n) is 3.21. The van der Waals surface area contributed by atoms with E-state index in [4.69, 9.17) is 18.9 Å². The molecule has 2 aromatic rings. The first kappa shape index (κ1) is 21.5. The molecule has 2 aromatic carbocycles. The summed E-state index contributed by atoms with van der Waals surface area (Å²) in [6, 6.07) is 12.5. The van der Waals surface area contributed by atoms with E-state index < -0.39 is 5.97 Å². The van der Waals surface area contributed by atoms with Crippen molar-refractivity contribution in [2.45, 2.75) is 26.3 Å². The maximum Gasteiger partial charge on any atom is 0.310 e. The van der Waals surface area contributed by atoms with Crippen LogP contribution in [0.4, 0.5) is 0 Å². The summed E-state index contributed by atoms with van der Waals surface area (Å²) in [4.78, 5) is 24.5. The monoisotopic (exact) mass is 413 g/mol. The zero-order valence-corrected chi connectivity index (χ0v) is 17.5. The van der Waals surface area contributed by atoms with Gasteiger partial charge < -0.3 is 24.3 Å². The average Bonchev–Trinajstić information content (AvgIpc) is 2.76. The summed E-state index contributed by atoms with van der Waals surface area (Å²) in [6.07, 6.45) is 0.0903. The van der Waals surface area contributed by atoms with Crippen molar-refractivity contribution in [1.82, 2.24) is 5.32 Å². The van der Waals surface area contributed by atoms with Gasteiger partial charge in [0, 0.05) is 0 Å². The van der Waals surface area contributed by atoms with Crippen LogP contribution in [0.25, 0.3) is 0 Å². The van der Waals surface area contributed by atoms with E-state index in [1.165, 1.54) is 0 Å². The van der Waals surface area contributed by atoms with Crippen molar-refractivity contribution in [3.63, 3.8) is 0 Å². The lowest BCUT2D eigenvalue weighted by molar-refractivity contribution is -0.148. The average molecular weight is 413 g/mol. The van der Waals surface area contributed by atoms with Crippen LogP contribution in [0.1, 0.15) is 31.0 Å². The molecule has 0 aromatic heterocycles. The number of fused-ring (bicyclic) bond motifs is 1. The van der Waals surface area contributed by atoms with E-state index in [1.807, 2.05) is 32.0 Å². The summed E-state index contributed by atoms with van der Waals surface area (Å²) >= 11 is 0. The first-order chi connectivity index (χ1) is 14.5. The Morgan fingerprint density at radius 2 is 1.73 bits per heavy atom. The SMILES string of the molecule is COc1ccc(CC(=O)OCC(=O)N[C@H](c2ccc3c(c2)OCCO3)C(C)C)cc1. The van der Waals surface area contributed by atoms with Crippen LogP contribution in [0.2, 0.25) is 0 Å². The standard InChI is InChI=1S/C23H27NO6/c1-15(2)23(17-6-9-19-20(13-17)29-11-10-28-19)24-21(25)14-30-22(26)12-16-4-7-18(27-3)8-5-16/h4-9,13,15,23H,10-12,14H2,1-3H3,(H,24,25)/t23-/m0/s1. The van der Waals surface area contributed by atoms with Crippen molar-refractivity contribution in [3.05, 3.63) is 53.6 Å². The molecule has 0 fully saturated rings. The number of rotatable bonds is 8. The summed E-state index contributed by atoms with van der Waals surface area (Å²) in [5.41, 5.74) is 1.70. The van der Waals surface area contributed by atoms with Crippen LogP contribution in [0.15, 0.2) is 42.5 Å². The van der Waals surface area contributed by atoms with Crippen LogP contribution < -0.4 is 19.5 Å². The molecule has 1 amide bonds. The maximum atomic E-state index is 12.4. The second kappa shape index (κ2) is 10.0. The zero-order chi connectivity index (χ0) is 21.5. The van der Waals surface area contributed by atoms with E-state index in [0.717, 1.165) is 11.1 Å². The lowest BCUT2D eigenvalue weighted by atomic mass is 9.95. The van der Waals surface area contributed by atoms with Gasteiger partial charge in [-0.05, 0) is 41.3 Å². The predicted molar refractivity (Wildman–Crippen MR) is 111 cm³/mol. The number of ether oxygens (including phenoxy) is 4. The molecule has 0 unspecified atom stereocenters. The van der Waals surface area contributed by atoms with Gasteiger partial charge in [0.15, 0.2) is 18.1 Å². The molecule has 1 aliphatic heterocycles. The Hall–Kier alpha value is -3.22. The number of benzene rings is 2. The van der Waals surface area contributed by atoms with Gasteiger partial charge in [0.1, 0.15) is 19.0 Å². The Labute approximate surface area is 176 Å². The van der Waals surface area contributed by atoms with Gasteiger partial charge in [-0.25, -0.2) is 0 Å². The van der Waals surface area contributed by atoms with Crippen LogP contribution in [0, 0.1) is 5.92 Å². The summed E-state index contributed by atoms with van der Waals surface area (Å²) in [5, 5.41) is 2.94. The van der Waals surface area contributed by atoms with Gasteiger partial charge in [0.2, 0.25) is 0 Å². The van der Waals surface area contributed by atoms with Crippen LogP contribution in [-0.2, 0) is 20.7 Å². The number of carbonyl (C=O) groups excluding carboxylic acids is 2. The molecule has 7 heteroatoms. The zero-order valence-electron chi connectivity index (χ0n) is 17.5. The molecule has 7 nitrogen and oxygen atoms in total. The molecule has 1 atom stereocenters.